The van der Waals surface area contributed by atoms with Gasteiger partial charge < -0.3 is 30.8 Å². The smallest absolute Gasteiger partial charge is 0.475 e. The van der Waals surface area contributed by atoms with E-state index < -0.39 is 24.3 Å². The quantitative estimate of drug-likeness (QED) is 0.130. The zero-order chi connectivity index (χ0) is 34.6. The van der Waals surface area contributed by atoms with E-state index >= 15 is 0 Å². The first kappa shape index (κ1) is 33.6. The van der Waals surface area contributed by atoms with Crippen LogP contribution in [0.1, 0.15) is 11.1 Å². The minimum absolute atomic E-state index is 0.847. The molecule has 0 radical (unpaired) electrons. The zero-order valence-corrected chi connectivity index (χ0v) is 24.6. The maximum atomic E-state index is 10.6. The number of aliphatic carboxylic acids is 2. The lowest BCUT2D eigenvalue weighted by Gasteiger charge is -2.02. The number of rotatable bonds is 4. The minimum atomic E-state index is -5.08. The molecule has 2 aromatic heterocycles. The topological polar surface area (TPSA) is 155 Å². The number of carboxylic acids is 2. The molecule has 3 aromatic carbocycles. The Morgan fingerprint density at radius 3 is 1.19 bits per heavy atom. The average molecular weight is 673 g/mol. The number of aromatic nitrogens is 2. The van der Waals surface area contributed by atoms with E-state index in [9.17, 15) is 26.3 Å². The fourth-order valence-corrected chi connectivity index (χ4v) is 4.87. The predicted molar refractivity (Wildman–Crippen MR) is 167 cm³/mol. The molecule has 0 atom stereocenters. The fourth-order valence-electron chi connectivity index (χ4n) is 4.87. The number of alkyl halides is 6. The van der Waals surface area contributed by atoms with Gasteiger partial charge in [-0.25, -0.2) is 9.59 Å². The highest BCUT2D eigenvalue weighted by molar-refractivity contribution is 6.03. The van der Waals surface area contributed by atoms with E-state index in [1.54, 1.807) is 0 Å². The van der Waals surface area contributed by atoms with Crippen LogP contribution in [0.15, 0.2) is 82.8 Å². The first-order valence-corrected chi connectivity index (χ1v) is 14.2. The van der Waals surface area contributed by atoms with Crippen LogP contribution in [-0.4, -0.2) is 82.3 Å². The van der Waals surface area contributed by atoms with Crippen molar-refractivity contribution in [2.24, 2.45) is 9.98 Å². The van der Waals surface area contributed by atoms with Crippen molar-refractivity contribution in [1.29, 1.82) is 0 Å². The van der Waals surface area contributed by atoms with Gasteiger partial charge in [-0.3, -0.25) is 9.98 Å². The molecule has 7 rings (SSSR count). The molecule has 48 heavy (non-hydrogen) atoms. The van der Waals surface area contributed by atoms with Gasteiger partial charge in [0.15, 0.2) is 0 Å². The summed E-state index contributed by atoms with van der Waals surface area (Å²) in [6.45, 7) is 3.53. The van der Waals surface area contributed by atoms with Crippen LogP contribution in [0.4, 0.5) is 26.3 Å². The molecule has 16 heteroatoms. The van der Waals surface area contributed by atoms with Crippen molar-refractivity contribution in [3.63, 3.8) is 0 Å². The highest BCUT2D eigenvalue weighted by atomic mass is 19.4. The van der Waals surface area contributed by atoms with Crippen molar-refractivity contribution in [3.8, 4) is 22.5 Å². The number of aliphatic imine (C=N–C) groups is 2. The number of hydrogen-bond donors (Lipinski definition) is 6. The summed E-state index contributed by atoms with van der Waals surface area (Å²) in [6, 6.07) is 26.1. The van der Waals surface area contributed by atoms with Crippen LogP contribution < -0.4 is 10.6 Å². The van der Waals surface area contributed by atoms with Gasteiger partial charge in [0.1, 0.15) is 11.7 Å². The molecule has 5 aromatic rings. The number of aromatic amines is 2. The Morgan fingerprint density at radius 1 is 0.562 bits per heavy atom. The van der Waals surface area contributed by atoms with Crippen molar-refractivity contribution in [3.05, 3.63) is 83.9 Å². The van der Waals surface area contributed by atoms with Crippen LogP contribution in [0.2, 0.25) is 0 Å². The molecule has 0 saturated heterocycles. The Labute approximate surface area is 267 Å². The molecule has 0 bridgehead atoms. The lowest BCUT2D eigenvalue weighted by Crippen LogP contribution is -2.21. The van der Waals surface area contributed by atoms with E-state index in [1.165, 1.54) is 21.9 Å². The van der Waals surface area contributed by atoms with Crippen molar-refractivity contribution < 1.29 is 46.1 Å². The molecule has 0 unspecified atom stereocenters. The maximum Gasteiger partial charge on any atom is 0.490 e. The molecule has 0 saturated carbocycles. The van der Waals surface area contributed by atoms with Gasteiger partial charge in [-0.2, -0.15) is 26.3 Å². The van der Waals surface area contributed by atoms with Gasteiger partial charge in [-0.05, 0) is 35.4 Å². The third-order valence-electron chi connectivity index (χ3n) is 7.13. The van der Waals surface area contributed by atoms with Crippen LogP contribution in [0.3, 0.4) is 0 Å². The Balaban J connectivity index is 0.000000273. The first-order valence-electron chi connectivity index (χ1n) is 14.2. The van der Waals surface area contributed by atoms with Gasteiger partial charge in [0, 0.05) is 57.4 Å². The van der Waals surface area contributed by atoms with Crippen LogP contribution in [0.5, 0.6) is 0 Å². The lowest BCUT2D eigenvalue weighted by atomic mass is 10.1. The van der Waals surface area contributed by atoms with Gasteiger partial charge in [0.2, 0.25) is 0 Å². The Kier molecular flexibility index (Phi) is 9.45. The van der Waals surface area contributed by atoms with Gasteiger partial charge >= 0.3 is 24.3 Å². The summed E-state index contributed by atoms with van der Waals surface area (Å²) in [5.41, 5.74) is 9.08. The second kappa shape index (κ2) is 13.5. The minimum Gasteiger partial charge on any atom is -0.475 e. The van der Waals surface area contributed by atoms with Gasteiger partial charge in [-0.15, -0.1) is 0 Å². The number of H-pyrrole nitrogens is 2. The summed E-state index contributed by atoms with van der Waals surface area (Å²) < 4.78 is 63.5. The number of nitrogens with zero attached hydrogens (tertiary/aromatic N) is 2. The molecule has 0 spiro atoms. The third-order valence-corrected chi connectivity index (χ3v) is 7.13. The van der Waals surface area contributed by atoms with Crippen molar-refractivity contribution in [1.82, 2.24) is 20.6 Å². The van der Waals surface area contributed by atoms with Crippen molar-refractivity contribution >= 4 is 45.4 Å². The second-order valence-corrected chi connectivity index (χ2v) is 10.5. The van der Waals surface area contributed by atoms with E-state index in [-0.39, 0.29) is 0 Å². The van der Waals surface area contributed by atoms with E-state index in [0.29, 0.717) is 0 Å². The number of carboxylic acid groups (broad SMARTS) is 2. The maximum absolute atomic E-state index is 10.6. The SMILES string of the molecule is O=C(O)C(F)(F)F.O=C(O)C(F)(F)F.c1cc2cc(-c3ccc(-c4cc5ccc(C6=NCCN6)cc5[nH]4)cc3)[nH]c2cc1C1=NCCN1. The van der Waals surface area contributed by atoms with Crippen LogP contribution >= 0.6 is 0 Å². The molecule has 0 amide bonds. The summed E-state index contributed by atoms with van der Waals surface area (Å²) in [5, 5.41) is 23.4. The first-order chi connectivity index (χ1) is 22.7. The number of hydrogen-bond acceptors (Lipinski definition) is 6. The van der Waals surface area contributed by atoms with Crippen molar-refractivity contribution in [2.75, 3.05) is 26.2 Å². The third kappa shape index (κ3) is 7.94. The summed E-state index contributed by atoms with van der Waals surface area (Å²) in [5.74, 6) is -3.54. The molecular formula is C32H26F6N6O4. The second-order valence-electron chi connectivity index (χ2n) is 10.5. The standard InChI is InChI=1S/C28H24N6.2C2HF3O2/c1-2-18(24-14-20-6-8-22(16-26(20)34-24)28-31-11-12-32-28)4-3-17(1)23-13-19-5-7-21(15-25(19)33-23)27-29-9-10-30-27;2*3-2(4,5)1(6)7/h1-8,13-16,33-34H,9-12H2,(H,29,30)(H,31,32);2*(H,6,7). The molecule has 6 N–H and O–H groups in total. The van der Waals surface area contributed by atoms with Crippen LogP contribution in [-0.2, 0) is 9.59 Å². The highest BCUT2D eigenvalue weighted by Gasteiger charge is 2.38. The Hall–Kier alpha value is -5.80. The number of nitrogens with one attached hydrogen (secondary N) is 4. The molecule has 0 fully saturated rings. The Morgan fingerprint density at radius 2 is 0.896 bits per heavy atom. The molecule has 0 aliphatic carbocycles. The van der Waals surface area contributed by atoms with E-state index in [2.05, 4.69) is 103 Å². The normalized spacial score (nSPS) is 14.2. The number of carbonyl (C=O) groups is 2. The van der Waals surface area contributed by atoms with Crippen molar-refractivity contribution in [2.45, 2.75) is 12.4 Å². The summed E-state index contributed by atoms with van der Waals surface area (Å²) in [6.07, 6.45) is -10.2. The van der Waals surface area contributed by atoms with E-state index in [1.807, 2.05) is 0 Å². The Bertz CT molecular complexity index is 1880. The van der Waals surface area contributed by atoms with Crippen LogP contribution in [0, 0.1) is 0 Å². The molecular weight excluding hydrogens is 646 g/mol. The number of benzene rings is 3. The predicted octanol–water partition coefficient (Wildman–Crippen LogP) is 5.95. The monoisotopic (exact) mass is 672 g/mol. The number of halogens is 6. The molecule has 10 nitrogen and oxygen atoms in total. The zero-order valence-electron chi connectivity index (χ0n) is 24.6. The largest absolute Gasteiger partial charge is 0.490 e. The van der Waals surface area contributed by atoms with Gasteiger partial charge in [0.05, 0.1) is 13.1 Å². The number of amidine groups is 2. The molecule has 2 aliphatic heterocycles. The van der Waals surface area contributed by atoms with E-state index in [0.717, 1.165) is 71.4 Å². The van der Waals surface area contributed by atoms with Crippen LogP contribution in [0.25, 0.3) is 44.3 Å². The summed E-state index contributed by atoms with van der Waals surface area (Å²) in [7, 11) is 0. The fraction of sp³-hybridized carbons (Fsp3) is 0.188. The molecule has 4 heterocycles. The molecule has 250 valence electrons. The highest BCUT2D eigenvalue weighted by Crippen LogP contribution is 2.29. The lowest BCUT2D eigenvalue weighted by molar-refractivity contribution is -0.193. The van der Waals surface area contributed by atoms with Gasteiger partial charge in [-0.1, -0.05) is 48.5 Å². The van der Waals surface area contributed by atoms with Gasteiger partial charge in [0.25, 0.3) is 0 Å². The van der Waals surface area contributed by atoms with E-state index in [4.69, 9.17) is 19.8 Å². The summed E-state index contributed by atoms with van der Waals surface area (Å²) >= 11 is 0. The average Bonchev–Trinajstić information content (AvgIpc) is 3.87. The summed E-state index contributed by atoms with van der Waals surface area (Å²) in [4.78, 5) is 34.0. The number of fused-ring (bicyclic) bond motifs is 2. The molecule has 2 aliphatic rings.